The molecule has 0 radical (unpaired) electrons. The lowest BCUT2D eigenvalue weighted by Gasteiger charge is -2.46. The van der Waals surface area contributed by atoms with Crippen LogP contribution in [0, 0.1) is 0 Å². The fourth-order valence-corrected chi connectivity index (χ4v) is 3.11. The monoisotopic (exact) mass is 230 g/mol. The summed E-state index contributed by atoms with van der Waals surface area (Å²) in [7, 11) is 2.08. The van der Waals surface area contributed by atoms with E-state index in [0.717, 1.165) is 31.5 Å². The largest absolute Gasteiger partial charge is 0.324 e. The van der Waals surface area contributed by atoms with E-state index in [2.05, 4.69) is 23.3 Å². The van der Waals surface area contributed by atoms with Gasteiger partial charge in [-0.3, -0.25) is 9.69 Å². The van der Waals surface area contributed by atoms with Gasteiger partial charge in [0.1, 0.15) is 5.54 Å². The highest BCUT2D eigenvalue weighted by atomic mass is 16.2. The van der Waals surface area contributed by atoms with Crippen LogP contribution in [0.4, 0.5) is 5.69 Å². The SMILES string of the molecule is CN1CCCCC12Cc1ccccc1NC2=O. The Bertz CT molecular complexity index is 457. The number of para-hydroxylation sites is 1. The van der Waals surface area contributed by atoms with Gasteiger partial charge in [0.25, 0.3) is 0 Å². The Balaban J connectivity index is 2.01. The standard InChI is InChI=1S/C14H18N2O/c1-16-9-5-4-8-14(16)10-11-6-2-3-7-12(11)15-13(14)17/h2-3,6-7H,4-5,8-10H2,1H3,(H,15,17). The molecule has 1 aromatic carbocycles. The maximum Gasteiger partial charge on any atom is 0.245 e. The number of piperidine rings is 1. The van der Waals surface area contributed by atoms with Gasteiger partial charge >= 0.3 is 0 Å². The van der Waals surface area contributed by atoms with Crippen LogP contribution < -0.4 is 5.32 Å². The maximum absolute atomic E-state index is 12.4. The van der Waals surface area contributed by atoms with Crippen LogP contribution in [0.15, 0.2) is 24.3 Å². The van der Waals surface area contributed by atoms with Crippen molar-refractivity contribution in [3.8, 4) is 0 Å². The first-order chi connectivity index (χ1) is 8.22. The molecule has 3 heteroatoms. The lowest BCUT2D eigenvalue weighted by Crippen LogP contribution is -2.60. The summed E-state index contributed by atoms with van der Waals surface area (Å²) >= 11 is 0. The van der Waals surface area contributed by atoms with Gasteiger partial charge in [0.15, 0.2) is 0 Å². The summed E-state index contributed by atoms with van der Waals surface area (Å²) in [4.78, 5) is 14.6. The highest BCUT2D eigenvalue weighted by Gasteiger charge is 2.46. The molecule has 90 valence electrons. The van der Waals surface area contributed by atoms with Crippen molar-refractivity contribution < 1.29 is 4.79 Å². The number of nitrogens with one attached hydrogen (secondary N) is 1. The van der Waals surface area contributed by atoms with Crippen LogP contribution in [0.3, 0.4) is 0 Å². The molecule has 3 rings (SSSR count). The third kappa shape index (κ3) is 1.57. The molecule has 0 saturated carbocycles. The molecule has 1 amide bonds. The van der Waals surface area contributed by atoms with E-state index in [0.29, 0.717) is 0 Å². The zero-order chi connectivity index (χ0) is 11.9. The molecule has 1 fully saturated rings. The average molecular weight is 230 g/mol. The number of likely N-dealkylation sites (tertiary alicyclic amines) is 1. The number of benzene rings is 1. The van der Waals surface area contributed by atoms with E-state index in [-0.39, 0.29) is 11.4 Å². The second-order valence-electron chi connectivity index (χ2n) is 5.20. The normalized spacial score (nSPS) is 28.9. The molecule has 1 atom stereocenters. The third-order valence-electron chi connectivity index (χ3n) is 4.24. The number of rotatable bonds is 0. The number of carbonyl (C=O) groups is 1. The van der Waals surface area contributed by atoms with E-state index in [4.69, 9.17) is 0 Å². The molecule has 2 aliphatic heterocycles. The molecule has 0 aliphatic carbocycles. The molecule has 1 aromatic rings. The number of hydrogen-bond acceptors (Lipinski definition) is 2. The molecule has 3 nitrogen and oxygen atoms in total. The van der Waals surface area contributed by atoms with Crippen molar-refractivity contribution in [3.05, 3.63) is 29.8 Å². The second-order valence-corrected chi connectivity index (χ2v) is 5.20. The van der Waals surface area contributed by atoms with Gasteiger partial charge in [0.2, 0.25) is 5.91 Å². The molecule has 0 aromatic heterocycles. The summed E-state index contributed by atoms with van der Waals surface area (Å²) < 4.78 is 0. The minimum Gasteiger partial charge on any atom is -0.324 e. The zero-order valence-corrected chi connectivity index (χ0v) is 10.2. The van der Waals surface area contributed by atoms with Gasteiger partial charge in [-0.1, -0.05) is 18.2 Å². The molecular weight excluding hydrogens is 212 g/mol. The molecule has 2 aliphatic rings. The summed E-state index contributed by atoms with van der Waals surface area (Å²) in [5.74, 6) is 0.179. The van der Waals surface area contributed by atoms with Crippen LogP contribution in [-0.4, -0.2) is 29.9 Å². The Morgan fingerprint density at radius 3 is 2.94 bits per heavy atom. The Hall–Kier alpha value is -1.35. The van der Waals surface area contributed by atoms with E-state index in [1.54, 1.807) is 0 Å². The summed E-state index contributed by atoms with van der Waals surface area (Å²) in [6, 6.07) is 8.14. The quantitative estimate of drug-likeness (QED) is 0.739. The van der Waals surface area contributed by atoms with Crippen molar-refractivity contribution >= 4 is 11.6 Å². The summed E-state index contributed by atoms with van der Waals surface area (Å²) in [6.07, 6.45) is 4.18. The summed E-state index contributed by atoms with van der Waals surface area (Å²) in [6.45, 7) is 1.02. The van der Waals surface area contributed by atoms with Crippen LogP contribution >= 0.6 is 0 Å². The highest BCUT2D eigenvalue weighted by molar-refractivity contribution is 6.01. The third-order valence-corrected chi connectivity index (χ3v) is 4.24. The van der Waals surface area contributed by atoms with Crippen LogP contribution in [-0.2, 0) is 11.2 Å². The van der Waals surface area contributed by atoms with E-state index in [9.17, 15) is 4.79 Å². The highest BCUT2D eigenvalue weighted by Crippen LogP contribution is 2.37. The van der Waals surface area contributed by atoms with Gasteiger partial charge in [0.05, 0.1) is 0 Å². The fraction of sp³-hybridized carbons (Fsp3) is 0.500. The topological polar surface area (TPSA) is 32.3 Å². The molecule has 1 spiro atoms. The molecular formula is C14H18N2O. The smallest absolute Gasteiger partial charge is 0.245 e. The molecule has 2 heterocycles. The predicted octanol–water partition coefficient (Wildman–Crippen LogP) is 2.04. The van der Waals surface area contributed by atoms with Crippen molar-refractivity contribution in [2.45, 2.75) is 31.2 Å². The Labute approximate surface area is 102 Å². The van der Waals surface area contributed by atoms with Crippen LogP contribution in [0.2, 0.25) is 0 Å². The Morgan fingerprint density at radius 1 is 1.29 bits per heavy atom. The number of amides is 1. The van der Waals surface area contributed by atoms with Crippen molar-refractivity contribution in [1.82, 2.24) is 4.90 Å². The van der Waals surface area contributed by atoms with Crippen molar-refractivity contribution in [1.29, 1.82) is 0 Å². The van der Waals surface area contributed by atoms with Crippen LogP contribution in [0.1, 0.15) is 24.8 Å². The molecule has 17 heavy (non-hydrogen) atoms. The number of nitrogens with zero attached hydrogens (tertiary/aromatic N) is 1. The fourth-order valence-electron chi connectivity index (χ4n) is 3.11. The lowest BCUT2D eigenvalue weighted by atomic mass is 9.78. The molecule has 0 bridgehead atoms. The number of fused-ring (bicyclic) bond motifs is 1. The van der Waals surface area contributed by atoms with Crippen molar-refractivity contribution in [3.63, 3.8) is 0 Å². The van der Waals surface area contributed by atoms with Crippen LogP contribution in [0.5, 0.6) is 0 Å². The van der Waals surface area contributed by atoms with Crippen LogP contribution in [0.25, 0.3) is 0 Å². The van der Waals surface area contributed by atoms with Crippen molar-refractivity contribution in [2.24, 2.45) is 0 Å². The summed E-state index contributed by atoms with van der Waals surface area (Å²) in [5, 5.41) is 3.07. The first-order valence-electron chi connectivity index (χ1n) is 6.33. The van der Waals surface area contributed by atoms with Gasteiger partial charge in [0, 0.05) is 12.1 Å². The molecule has 1 N–H and O–H groups in total. The average Bonchev–Trinajstić information content (AvgIpc) is 2.34. The van der Waals surface area contributed by atoms with Gasteiger partial charge < -0.3 is 5.32 Å². The second kappa shape index (κ2) is 3.84. The number of likely N-dealkylation sites (N-methyl/N-ethyl adjacent to an activating group) is 1. The van der Waals surface area contributed by atoms with E-state index >= 15 is 0 Å². The predicted molar refractivity (Wildman–Crippen MR) is 68.0 cm³/mol. The first kappa shape index (κ1) is 10.8. The van der Waals surface area contributed by atoms with E-state index in [1.165, 1.54) is 12.0 Å². The number of carbonyl (C=O) groups excluding carboxylic acids is 1. The zero-order valence-electron chi connectivity index (χ0n) is 10.2. The Kier molecular flexibility index (Phi) is 2.44. The molecule has 1 saturated heterocycles. The minimum absolute atomic E-state index is 0.179. The van der Waals surface area contributed by atoms with Crippen molar-refractivity contribution in [2.75, 3.05) is 18.9 Å². The van der Waals surface area contributed by atoms with E-state index < -0.39 is 0 Å². The number of anilines is 1. The van der Waals surface area contributed by atoms with Gasteiger partial charge in [-0.05, 0) is 44.5 Å². The minimum atomic E-state index is -0.299. The lowest BCUT2D eigenvalue weighted by molar-refractivity contribution is -0.130. The van der Waals surface area contributed by atoms with Gasteiger partial charge in [-0.15, -0.1) is 0 Å². The maximum atomic E-state index is 12.4. The van der Waals surface area contributed by atoms with E-state index in [1.807, 2.05) is 18.2 Å². The summed E-state index contributed by atoms with van der Waals surface area (Å²) in [5.41, 5.74) is 1.95. The molecule has 1 unspecified atom stereocenters. The number of hydrogen-bond donors (Lipinski definition) is 1. The first-order valence-corrected chi connectivity index (χ1v) is 6.33. The Morgan fingerprint density at radius 2 is 2.12 bits per heavy atom. The van der Waals surface area contributed by atoms with Gasteiger partial charge in [-0.2, -0.15) is 0 Å². The van der Waals surface area contributed by atoms with Gasteiger partial charge in [-0.25, -0.2) is 0 Å².